The molecule has 2 heteroatoms. The van der Waals surface area contributed by atoms with Gasteiger partial charge < -0.3 is 5.11 Å². The molecule has 0 radical (unpaired) electrons. The van der Waals surface area contributed by atoms with E-state index in [1.807, 2.05) is 12.1 Å². The monoisotopic (exact) mass is 153 g/mol. The van der Waals surface area contributed by atoms with Crippen molar-refractivity contribution in [2.24, 2.45) is 0 Å². The van der Waals surface area contributed by atoms with Crippen LogP contribution in [0.15, 0.2) is 11.6 Å². The predicted molar refractivity (Wildman–Crippen MR) is 44.9 cm³/mol. The molecule has 0 heterocycles. The second kappa shape index (κ2) is 7.30. The maximum atomic E-state index is 8.59. The van der Waals surface area contributed by atoms with Gasteiger partial charge in [0.15, 0.2) is 0 Å². The molecule has 0 saturated carbocycles. The van der Waals surface area contributed by atoms with Crippen molar-refractivity contribution < 1.29 is 5.11 Å². The van der Waals surface area contributed by atoms with Gasteiger partial charge in [-0.15, -0.1) is 0 Å². The van der Waals surface area contributed by atoms with Crippen LogP contribution in [0.25, 0.3) is 0 Å². The van der Waals surface area contributed by atoms with E-state index in [0.717, 1.165) is 12.8 Å². The number of nitrogens with zero attached hydrogens (tertiary/aromatic N) is 1. The van der Waals surface area contributed by atoms with Crippen LogP contribution in [-0.2, 0) is 0 Å². The minimum Gasteiger partial charge on any atom is -0.391 e. The van der Waals surface area contributed by atoms with Gasteiger partial charge in [0.2, 0.25) is 0 Å². The van der Waals surface area contributed by atoms with Gasteiger partial charge in [-0.3, -0.25) is 0 Å². The normalized spacial score (nSPS) is 11.2. The number of aliphatic hydroxyl groups is 1. The Morgan fingerprint density at radius 2 is 2.27 bits per heavy atom. The number of rotatable bonds is 5. The van der Waals surface area contributed by atoms with Gasteiger partial charge in [0.1, 0.15) is 0 Å². The molecule has 11 heavy (non-hydrogen) atoms. The molecule has 1 N–H and O–H groups in total. The molecular weight excluding hydrogens is 138 g/mol. The Morgan fingerprint density at radius 3 is 2.73 bits per heavy atom. The summed E-state index contributed by atoms with van der Waals surface area (Å²) in [4.78, 5) is 0. The molecule has 62 valence electrons. The Kier molecular flexibility index (Phi) is 6.76. The topological polar surface area (TPSA) is 44.0 Å². The second-order valence-electron chi connectivity index (χ2n) is 2.50. The van der Waals surface area contributed by atoms with Crippen molar-refractivity contribution in [3.8, 4) is 6.07 Å². The van der Waals surface area contributed by atoms with Crippen LogP contribution in [0.3, 0.4) is 0 Å². The first-order valence-electron chi connectivity index (χ1n) is 4.05. The van der Waals surface area contributed by atoms with E-state index in [4.69, 9.17) is 10.4 Å². The van der Waals surface area contributed by atoms with Crippen LogP contribution in [-0.4, -0.2) is 11.7 Å². The summed E-state index contributed by atoms with van der Waals surface area (Å²) in [7, 11) is 0. The van der Waals surface area contributed by atoms with Crippen LogP contribution in [0.4, 0.5) is 0 Å². The minimum atomic E-state index is -0.122. The van der Waals surface area contributed by atoms with Gasteiger partial charge >= 0.3 is 0 Å². The molecule has 0 amide bonds. The SMILES string of the molecule is CCCCC/C=C(/C#N)CO. The molecule has 0 aromatic rings. The van der Waals surface area contributed by atoms with Gasteiger partial charge in [-0.25, -0.2) is 0 Å². The molecule has 0 fully saturated rings. The molecule has 0 aliphatic rings. The third-order valence-electron chi connectivity index (χ3n) is 1.51. The first-order valence-corrected chi connectivity index (χ1v) is 4.05. The summed E-state index contributed by atoms with van der Waals surface area (Å²) in [6, 6.07) is 1.94. The van der Waals surface area contributed by atoms with E-state index >= 15 is 0 Å². The summed E-state index contributed by atoms with van der Waals surface area (Å²) >= 11 is 0. The van der Waals surface area contributed by atoms with Crippen molar-refractivity contribution in [2.75, 3.05) is 6.61 Å². The zero-order valence-corrected chi connectivity index (χ0v) is 7.01. The van der Waals surface area contributed by atoms with Crippen LogP contribution in [0.5, 0.6) is 0 Å². The maximum Gasteiger partial charge on any atom is 0.0968 e. The zero-order valence-electron chi connectivity index (χ0n) is 7.01. The Labute approximate surface area is 68.2 Å². The maximum absolute atomic E-state index is 8.59. The number of hydrogen-bond acceptors (Lipinski definition) is 2. The highest BCUT2D eigenvalue weighted by molar-refractivity contribution is 5.20. The van der Waals surface area contributed by atoms with Crippen LogP contribution < -0.4 is 0 Å². The lowest BCUT2D eigenvalue weighted by Gasteiger charge is -1.93. The zero-order chi connectivity index (χ0) is 8.53. The lowest BCUT2D eigenvalue weighted by Crippen LogP contribution is -1.85. The smallest absolute Gasteiger partial charge is 0.0968 e. The quantitative estimate of drug-likeness (QED) is 0.485. The number of unbranched alkanes of at least 4 members (excludes halogenated alkanes) is 3. The predicted octanol–water partition coefficient (Wildman–Crippen LogP) is 2.01. The molecule has 0 bridgehead atoms. The van der Waals surface area contributed by atoms with Gasteiger partial charge in [0, 0.05) is 0 Å². The average Bonchev–Trinajstić information content (AvgIpc) is 2.05. The largest absolute Gasteiger partial charge is 0.391 e. The molecule has 0 unspecified atom stereocenters. The van der Waals surface area contributed by atoms with Crippen molar-refractivity contribution in [1.82, 2.24) is 0 Å². The Morgan fingerprint density at radius 1 is 1.55 bits per heavy atom. The fourth-order valence-corrected chi connectivity index (χ4v) is 0.816. The number of hydrogen-bond donors (Lipinski definition) is 1. The highest BCUT2D eigenvalue weighted by Gasteiger charge is 1.90. The first-order chi connectivity index (χ1) is 5.35. The molecule has 0 saturated heterocycles. The van der Waals surface area contributed by atoms with Gasteiger partial charge in [0.25, 0.3) is 0 Å². The van der Waals surface area contributed by atoms with Crippen LogP contribution in [0.1, 0.15) is 32.6 Å². The van der Waals surface area contributed by atoms with Crippen molar-refractivity contribution in [3.63, 3.8) is 0 Å². The highest BCUT2D eigenvalue weighted by Crippen LogP contribution is 2.02. The van der Waals surface area contributed by atoms with E-state index in [1.54, 1.807) is 0 Å². The second-order valence-corrected chi connectivity index (χ2v) is 2.50. The molecule has 2 nitrogen and oxygen atoms in total. The molecule has 0 spiro atoms. The van der Waals surface area contributed by atoms with Crippen LogP contribution in [0.2, 0.25) is 0 Å². The van der Waals surface area contributed by atoms with Crippen molar-refractivity contribution >= 4 is 0 Å². The summed E-state index contributed by atoms with van der Waals surface area (Å²) in [5.41, 5.74) is 0.487. The number of allylic oxidation sites excluding steroid dienone is 1. The summed E-state index contributed by atoms with van der Waals surface area (Å²) in [5, 5.41) is 17.0. The fourth-order valence-electron chi connectivity index (χ4n) is 0.816. The highest BCUT2D eigenvalue weighted by atomic mass is 16.3. The van der Waals surface area contributed by atoms with E-state index in [9.17, 15) is 0 Å². The van der Waals surface area contributed by atoms with E-state index < -0.39 is 0 Å². The molecule has 0 aliphatic heterocycles. The third kappa shape index (κ3) is 5.63. The van der Waals surface area contributed by atoms with Gasteiger partial charge in [0.05, 0.1) is 18.2 Å². The van der Waals surface area contributed by atoms with E-state index in [-0.39, 0.29) is 6.61 Å². The van der Waals surface area contributed by atoms with E-state index in [2.05, 4.69) is 6.92 Å². The summed E-state index contributed by atoms with van der Waals surface area (Å²) in [5.74, 6) is 0. The van der Waals surface area contributed by atoms with E-state index in [0.29, 0.717) is 5.57 Å². The van der Waals surface area contributed by atoms with Gasteiger partial charge in [-0.05, 0) is 12.8 Å². The average molecular weight is 153 g/mol. The summed E-state index contributed by atoms with van der Waals surface area (Å²) < 4.78 is 0. The fraction of sp³-hybridized carbons (Fsp3) is 0.667. The van der Waals surface area contributed by atoms with Gasteiger partial charge in [-0.1, -0.05) is 25.8 Å². The van der Waals surface area contributed by atoms with Crippen LogP contribution >= 0.6 is 0 Å². The molecule has 0 rings (SSSR count). The number of nitriles is 1. The third-order valence-corrected chi connectivity index (χ3v) is 1.51. The minimum absolute atomic E-state index is 0.122. The summed E-state index contributed by atoms with van der Waals surface area (Å²) in [6.07, 6.45) is 6.23. The van der Waals surface area contributed by atoms with E-state index in [1.165, 1.54) is 12.8 Å². The lowest BCUT2D eigenvalue weighted by molar-refractivity contribution is 0.335. The lowest BCUT2D eigenvalue weighted by atomic mass is 10.1. The standard InChI is InChI=1S/C9H15NO/c1-2-3-4-5-6-9(7-10)8-11/h6,11H,2-5,8H2,1H3/b9-6-. The Balaban J connectivity index is 3.47. The molecule has 0 atom stereocenters. The van der Waals surface area contributed by atoms with Crippen molar-refractivity contribution in [3.05, 3.63) is 11.6 Å². The van der Waals surface area contributed by atoms with Crippen molar-refractivity contribution in [1.29, 1.82) is 5.26 Å². The molecular formula is C9H15NO. The van der Waals surface area contributed by atoms with Crippen LogP contribution in [0, 0.1) is 11.3 Å². The van der Waals surface area contributed by atoms with Crippen molar-refractivity contribution in [2.45, 2.75) is 32.6 Å². The Hall–Kier alpha value is -0.810. The first kappa shape index (κ1) is 10.2. The Bertz CT molecular complexity index is 155. The molecule has 0 aromatic heterocycles. The molecule has 0 aliphatic carbocycles. The number of aliphatic hydroxyl groups excluding tert-OH is 1. The molecule has 0 aromatic carbocycles. The summed E-state index contributed by atoms with van der Waals surface area (Å²) in [6.45, 7) is 2.02. The van der Waals surface area contributed by atoms with Gasteiger partial charge in [-0.2, -0.15) is 5.26 Å².